The molecule has 1 aromatic carbocycles. The van der Waals surface area contributed by atoms with Gasteiger partial charge in [-0.15, -0.1) is 0 Å². The number of hydrogen-bond donors (Lipinski definition) is 1. The Balaban J connectivity index is 1.84. The van der Waals surface area contributed by atoms with Gasteiger partial charge in [-0.2, -0.15) is 0 Å². The van der Waals surface area contributed by atoms with Gasteiger partial charge >= 0.3 is 0 Å². The first-order valence-electron chi connectivity index (χ1n) is 6.84. The van der Waals surface area contributed by atoms with Crippen molar-refractivity contribution >= 4 is 0 Å². The minimum absolute atomic E-state index is 0.103. The van der Waals surface area contributed by atoms with E-state index in [1.54, 1.807) is 0 Å². The molecule has 1 N–H and O–H groups in total. The molecule has 0 saturated heterocycles. The molecule has 106 valence electrons. The van der Waals surface area contributed by atoms with Crippen LogP contribution in [0.3, 0.4) is 0 Å². The molecule has 0 radical (unpaired) electrons. The lowest BCUT2D eigenvalue weighted by molar-refractivity contribution is 0.171. The van der Waals surface area contributed by atoms with Crippen LogP contribution in [-0.2, 0) is 0 Å². The second-order valence-corrected chi connectivity index (χ2v) is 5.64. The topological polar surface area (TPSA) is 39.7 Å². The Bertz CT molecular complexity index is 418. The van der Waals surface area contributed by atoms with Crippen LogP contribution in [0.2, 0.25) is 0 Å². The normalized spacial score (nSPS) is 13.6. The maximum atomic E-state index is 5.85. The fourth-order valence-electron chi connectivity index (χ4n) is 1.90. The lowest BCUT2D eigenvalue weighted by Gasteiger charge is -2.25. The monoisotopic (exact) mass is 265 g/mol. The second-order valence-electron chi connectivity index (χ2n) is 5.64. The molecule has 1 heterocycles. The van der Waals surface area contributed by atoms with Gasteiger partial charge in [0.15, 0.2) is 11.5 Å². The summed E-state index contributed by atoms with van der Waals surface area (Å²) in [5, 5.41) is 3.43. The van der Waals surface area contributed by atoms with Crippen LogP contribution in [0.4, 0.5) is 0 Å². The molecule has 0 spiro atoms. The molecule has 1 aliphatic rings. The number of fused-ring (bicyclic) bond motifs is 1. The Morgan fingerprint density at radius 2 is 2.05 bits per heavy atom. The molecule has 1 aliphatic heterocycles. The molecule has 4 heteroatoms. The van der Waals surface area contributed by atoms with E-state index in [1.807, 2.05) is 18.2 Å². The molecule has 0 unspecified atom stereocenters. The minimum atomic E-state index is 0.103. The van der Waals surface area contributed by atoms with Gasteiger partial charge in [0.2, 0.25) is 6.79 Å². The van der Waals surface area contributed by atoms with Gasteiger partial charge in [0.25, 0.3) is 0 Å². The van der Waals surface area contributed by atoms with Crippen molar-refractivity contribution in [1.82, 2.24) is 5.32 Å². The Morgan fingerprint density at radius 3 is 2.84 bits per heavy atom. The summed E-state index contributed by atoms with van der Waals surface area (Å²) in [5.74, 6) is 2.38. The van der Waals surface area contributed by atoms with Crippen LogP contribution in [-0.4, -0.2) is 26.5 Å². The Kier molecular flexibility index (Phi) is 4.53. The van der Waals surface area contributed by atoms with Crippen molar-refractivity contribution in [2.75, 3.05) is 26.5 Å². The molecular formula is C15H23NO3. The molecule has 19 heavy (non-hydrogen) atoms. The summed E-state index contributed by atoms with van der Waals surface area (Å²) >= 11 is 0. The third-order valence-electron chi connectivity index (χ3n) is 3.00. The SMILES string of the molecule is CCCNCC(C)(C)COc1ccc2c(c1)OCO2. The largest absolute Gasteiger partial charge is 0.493 e. The average molecular weight is 265 g/mol. The maximum Gasteiger partial charge on any atom is 0.231 e. The van der Waals surface area contributed by atoms with Gasteiger partial charge < -0.3 is 19.5 Å². The van der Waals surface area contributed by atoms with Crippen LogP contribution in [0.5, 0.6) is 17.2 Å². The molecule has 0 atom stereocenters. The van der Waals surface area contributed by atoms with E-state index in [4.69, 9.17) is 14.2 Å². The number of nitrogens with one attached hydrogen (secondary N) is 1. The Labute approximate surface area is 115 Å². The van der Waals surface area contributed by atoms with Gasteiger partial charge in [-0.25, -0.2) is 0 Å². The predicted molar refractivity (Wildman–Crippen MR) is 75.0 cm³/mol. The van der Waals surface area contributed by atoms with Crippen LogP contribution in [0.25, 0.3) is 0 Å². The van der Waals surface area contributed by atoms with E-state index >= 15 is 0 Å². The first-order chi connectivity index (χ1) is 9.11. The molecular weight excluding hydrogens is 242 g/mol. The third-order valence-corrected chi connectivity index (χ3v) is 3.00. The zero-order valence-electron chi connectivity index (χ0n) is 12.0. The van der Waals surface area contributed by atoms with Crippen LogP contribution in [0, 0.1) is 5.41 Å². The highest BCUT2D eigenvalue weighted by atomic mass is 16.7. The quantitative estimate of drug-likeness (QED) is 0.770. The highest BCUT2D eigenvalue weighted by Crippen LogP contribution is 2.35. The van der Waals surface area contributed by atoms with Crippen molar-refractivity contribution in [3.05, 3.63) is 18.2 Å². The van der Waals surface area contributed by atoms with E-state index in [0.717, 1.165) is 36.8 Å². The summed E-state index contributed by atoms with van der Waals surface area (Å²) in [6.07, 6.45) is 1.15. The van der Waals surface area contributed by atoms with Crippen molar-refractivity contribution in [2.24, 2.45) is 5.41 Å². The fraction of sp³-hybridized carbons (Fsp3) is 0.600. The van der Waals surface area contributed by atoms with Crippen LogP contribution < -0.4 is 19.5 Å². The van der Waals surface area contributed by atoms with Gasteiger partial charge in [-0.1, -0.05) is 20.8 Å². The highest BCUT2D eigenvalue weighted by Gasteiger charge is 2.19. The lowest BCUT2D eigenvalue weighted by atomic mass is 9.95. The average Bonchev–Trinajstić information content (AvgIpc) is 2.84. The fourth-order valence-corrected chi connectivity index (χ4v) is 1.90. The molecule has 0 aliphatic carbocycles. The summed E-state index contributed by atoms with van der Waals surface area (Å²) in [7, 11) is 0. The van der Waals surface area contributed by atoms with Crippen molar-refractivity contribution in [2.45, 2.75) is 27.2 Å². The summed E-state index contributed by atoms with van der Waals surface area (Å²) in [4.78, 5) is 0. The van der Waals surface area contributed by atoms with E-state index < -0.39 is 0 Å². The molecule has 0 aromatic heterocycles. The van der Waals surface area contributed by atoms with E-state index in [2.05, 4.69) is 26.1 Å². The Hall–Kier alpha value is -1.42. The first kappa shape index (κ1) is 14.0. The van der Waals surface area contributed by atoms with Crippen LogP contribution >= 0.6 is 0 Å². The standard InChI is InChI=1S/C15H23NO3/c1-4-7-16-9-15(2,3)10-17-12-5-6-13-14(8-12)19-11-18-13/h5-6,8,16H,4,7,9-11H2,1-3H3. The zero-order chi connectivity index (χ0) is 13.7. The molecule has 4 nitrogen and oxygen atoms in total. The summed E-state index contributed by atoms with van der Waals surface area (Å²) in [6, 6.07) is 5.70. The number of hydrogen-bond acceptors (Lipinski definition) is 4. The molecule has 1 aromatic rings. The van der Waals surface area contributed by atoms with E-state index in [-0.39, 0.29) is 5.41 Å². The molecule has 0 fully saturated rings. The summed E-state index contributed by atoms with van der Waals surface area (Å²) in [6.45, 7) is 9.53. The van der Waals surface area contributed by atoms with E-state index in [1.165, 1.54) is 0 Å². The van der Waals surface area contributed by atoms with Crippen molar-refractivity contribution in [3.63, 3.8) is 0 Å². The first-order valence-corrected chi connectivity index (χ1v) is 6.84. The van der Waals surface area contributed by atoms with Gasteiger partial charge in [0, 0.05) is 18.0 Å². The van der Waals surface area contributed by atoms with Gasteiger partial charge in [-0.3, -0.25) is 0 Å². The van der Waals surface area contributed by atoms with E-state index in [0.29, 0.717) is 13.4 Å². The number of rotatable bonds is 7. The summed E-state index contributed by atoms with van der Waals surface area (Å²) < 4.78 is 16.5. The Morgan fingerprint density at radius 1 is 1.26 bits per heavy atom. The number of ether oxygens (including phenoxy) is 3. The van der Waals surface area contributed by atoms with E-state index in [9.17, 15) is 0 Å². The predicted octanol–water partition coefficient (Wildman–Crippen LogP) is 2.82. The smallest absolute Gasteiger partial charge is 0.231 e. The second kappa shape index (κ2) is 6.15. The maximum absolute atomic E-state index is 5.85. The van der Waals surface area contributed by atoms with Crippen molar-refractivity contribution in [3.8, 4) is 17.2 Å². The van der Waals surface area contributed by atoms with Gasteiger partial charge in [-0.05, 0) is 25.1 Å². The molecule has 2 rings (SSSR count). The molecule has 0 saturated carbocycles. The lowest BCUT2D eigenvalue weighted by Crippen LogP contribution is -2.34. The van der Waals surface area contributed by atoms with Crippen molar-refractivity contribution in [1.29, 1.82) is 0 Å². The van der Waals surface area contributed by atoms with Crippen LogP contribution in [0.1, 0.15) is 27.2 Å². The molecule has 0 amide bonds. The van der Waals surface area contributed by atoms with Crippen LogP contribution in [0.15, 0.2) is 18.2 Å². The van der Waals surface area contributed by atoms with Crippen molar-refractivity contribution < 1.29 is 14.2 Å². The third kappa shape index (κ3) is 4.03. The molecule has 0 bridgehead atoms. The highest BCUT2D eigenvalue weighted by molar-refractivity contribution is 5.46. The number of benzene rings is 1. The minimum Gasteiger partial charge on any atom is -0.493 e. The zero-order valence-corrected chi connectivity index (χ0v) is 12.0. The van der Waals surface area contributed by atoms with Gasteiger partial charge in [0.05, 0.1) is 6.61 Å². The van der Waals surface area contributed by atoms with Gasteiger partial charge in [0.1, 0.15) is 5.75 Å². The summed E-state index contributed by atoms with van der Waals surface area (Å²) in [5.41, 5.74) is 0.103.